The summed E-state index contributed by atoms with van der Waals surface area (Å²) in [6.07, 6.45) is 2.93. The number of nitriles is 1. The van der Waals surface area contributed by atoms with Gasteiger partial charge in [0.25, 0.3) is 0 Å². The van der Waals surface area contributed by atoms with E-state index in [0.717, 1.165) is 31.6 Å². The number of rotatable bonds is 8. The Balaban J connectivity index is 2.32. The van der Waals surface area contributed by atoms with Crippen LogP contribution in [0.25, 0.3) is 0 Å². The second-order valence-electron chi connectivity index (χ2n) is 5.44. The number of nitrogens with one attached hydrogen (secondary N) is 1. The van der Waals surface area contributed by atoms with E-state index in [1.165, 1.54) is 5.56 Å². The van der Waals surface area contributed by atoms with Crippen molar-refractivity contribution in [1.82, 2.24) is 5.32 Å². The van der Waals surface area contributed by atoms with Crippen LogP contribution in [0.15, 0.2) is 24.3 Å². The zero-order chi connectivity index (χ0) is 14.1. The number of ether oxygens (including phenoxy) is 1. The van der Waals surface area contributed by atoms with Gasteiger partial charge in [0.05, 0.1) is 18.1 Å². The molecule has 3 nitrogen and oxygen atoms in total. The van der Waals surface area contributed by atoms with Crippen molar-refractivity contribution in [3.05, 3.63) is 29.8 Å². The summed E-state index contributed by atoms with van der Waals surface area (Å²) in [5, 5.41) is 12.1. The average Bonchev–Trinajstić information content (AvgIpc) is 2.40. The zero-order valence-corrected chi connectivity index (χ0v) is 12.2. The molecule has 0 atom stereocenters. The number of hydrogen-bond acceptors (Lipinski definition) is 3. The third-order valence-corrected chi connectivity index (χ3v) is 3.10. The van der Waals surface area contributed by atoms with Gasteiger partial charge in [-0.1, -0.05) is 18.2 Å². The largest absolute Gasteiger partial charge is 0.493 e. The number of hydrogen-bond donors (Lipinski definition) is 1. The molecule has 0 aliphatic rings. The molecule has 0 fully saturated rings. The lowest BCUT2D eigenvalue weighted by molar-refractivity contribution is 0.292. The molecule has 0 spiro atoms. The van der Waals surface area contributed by atoms with Crippen LogP contribution in [0.2, 0.25) is 0 Å². The summed E-state index contributed by atoms with van der Waals surface area (Å²) in [6, 6.07) is 10.4. The maximum atomic E-state index is 8.94. The average molecular weight is 260 g/mol. The van der Waals surface area contributed by atoms with E-state index in [0.29, 0.717) is 6.61 Å². The summed E-state index contributed by atoms with van der Waals surface area (Å²) in [7, 11) is 1.93. The maximum absolute atomic E-state index is 8.94. The summed E-state index contributed by atoms with van der Waals surface area (Å²) in [5.41, 5.74) is 0.965. The first-order chi connectivity index (χ1) is 9.09. The van der Waals surface area contributed by atoms with Gasteiger partial charge in [0, 0.05) is 12.1 Å². The molecular weight excluding hydrogens is 236 g/mol. The van der Waals surface area contributed by atoms with E-state index in [-0.39, 0.29) is 5.41 Å². The normalized spacial score (nSPS) is 11.1. The highest BCUT2D eigenvalue weighted by molar-refractivity contribution is 5.33. The number of para-hydroxylation sites is 1. The SMILES string of the molecule is CNCc1ccccc1OCCCCC(C)(C)C#N. The van der Waals surface area contributed by atoms with E-state index in [4.69, 9.17) is 10.00 Å². The Morgan fingerprint density at radius 2 is 2.00 bits per heavy atom. The molecule has 1 rings (SSSR count). The van der Waals surface area contributed by atoms with Gasteiger partial charge < -0.3 is 10.1 Å². The Morgan fingerprint density at radius 1 is 1.26 bits per heavy atom. The van der Waals surface area contributed by atoms with Crippen LogP contribution in [-0.4, -0.2) is 13.7 Å². The molecule has 0 amide bonds. The Bertz CT molecular complexity index is 421. The smallest absolute Gasteiger partial charge is 0.123 e. The fourth-order valence-electron chi connectivity index (χ4n) is 1.89. The Kier molecular flexibility index (Phi) is 6.38. The molecule has 0 saturated heterocycles. The van der Waals surface area contributed by atoms with Gasteiger partial charge in [0.15, 0.2) is 0 Å². The summed E-state index contributed by atoms with van der Waals surface area (Å²) in [5.74, 6) is 0.955. The van der Waals surface area contributed by atoms with Crippen LogP contribution in [0.5, 0.6) is 5.75 Å². The number of nitrogens with zero attached hydrogens (tertiary/aromatic N) is 1. The van der Waals surface area contributed by atoms with Gasteiger partial charge in [-0.25, -0.2) is 0 Å². The molecule has 1 aromatic rings. The third kappa shape index (κ3) is 5.76. The van der Waals surface area contributed by atoms with E-state index in [2.05, 4.69) is 17.5 Å². The second-order valence-corrected chi connectivity index (χ2v) is 5.44. The fourth-order valence-corrected chi connectivity index (χ4v) is 1.89. The first-order valence-corrected chi connectivity index (χ1v) is 6.85. The van der Waals surface area contributed by atoms with Crippen LogP contribution >= 0.6 is 0 Å². The molecule has 0 aliphatic heterocycles. The van der Waals surface area contributed by atoms with Crippen molar-refractivity contribution >= 4 is 0 Å². The summed E-state index contributed by atoms with van der Waals surface area (Å²) >= 11 is 0. The van der Waals surface area contributed by atoms with Crippen molar-refractivity contribution in [2.45, 2.75) is 39.7 Å². The predicted molar refractivity (Wildman–Crippen MR) is 77.9 cm³/mol. The number of benzene rings is 1. The summed E-state index contributed by atoms with van der Waals surface area (Å²) < 4.78 is 5.82. The molecule has 0 bridgehead atoms. The lowest BCUT2D eigenvalue weighted by atomic mass is 9.89. The molecule has 0 unspecified atom stereocenters. The van der Waals surface area contributed by atoms with Gasteiger partial charge in [-0.15, -0.1) is 0 Å². The molecule has 0 saturated carbocycles. The van der Waals surface area contributed by atoms with Crippen LogP contribution < -0.4 is 10.1 Å². The zero-order valence-electron chi connectivity index (χ0n) is 12.2. The molecule has 0 heterocycles. The van der Waals surface area contributed by atoms with E-state index < -0.39 is 0 Å². The van der Waals surface area contributed by atoms with Gasteiger partial charge in [-0.05, 0) is 46.2 Å². The standard InChI is InChI=1S/C16H24N2O/c1-16(2,13-17)10-6-7-11-19-15-9-5-4-8-14(15)12-18-3/h4-5,8-9,18H,6-7,10-12H2,1-3H3. The Morgan fingerprint density at radius 3 is 2.68 bits per heavy atom. The monoisotopic (exact) mass is 260 g/mol. The molecular formula is C16H24N2O. The van der Waals surface area contributed by atoms with Gasteiger partial charge in [-0.2, -0.15) is 5.26 Å². The van der Waals surface area contributed by atoms with Crippen molar-refractivity contribution in [3.8, 4) is 11.8 Å². The van der Waals surface area contributed by atoms with E-state index in [1.54, 1.807) is 0 Å². The maximum Gasteiger partial charge on any atom is 0.123 e. The van der Waals surface area contributed by atoms with E-state index in [1.807, 2.05) is 39.1 Å². The minimum Gasteiger partial charge on any atom is -0.493 e. The molecule has 1 aromatic carbocycles. The highest BCUT2D eigenvalue weighted by Gasteiger charge is 2.15. The minimum absolute atomic E-state index is 0.218. The van der Waals surface area contributed by atoms with Crippen LogP contribution in [0.3, 0.4) is 0 Å². The summed E-state index contributed by atoms with van der Waals surface area (Å²) in [6.45, 7) is 5.49. The van der Waals surface area contributed by atoms with Crippen molar-refractivity contribution in [2.75, 3.05) is 13.7 Å². The number of unbranched alkanes of at least 4 members (excludes halogenated alkanes) is 1. The second kappa shape index (κ2) is 7.81. The minimum atomic E-state index is -0.218. The molecule has 0 aromatic heterocycles. The lowest BCUT2D eigenvalue weighted by Gasteiger charge is -2.15. The van der Waals surface area contributed by atoms with Gasteiger partial charge in [0.1, 0.15) is 5.75 Å². The quantitative estimate of drug-likeness (QED) is 0.728. The van der Waals surface area contributed by atoms with Gasteiger partial charge >= 0.3 is 0 Å². The molecule has 1 N–H and O–H groups in total. The molecule has 3 heteroatoms. The highest BCUT2D eigenvalue weighted by atomic mass is 16.5. The summed E-state index contributed by atoms with van der Waals surface area (Å²) in [4.78, 5) is 0. The Hall–Kier alpha value is -1.53. The van der Waals surface area contributed by atoms with Crippen LogP contribution in [0.4, 0.5) is 0 Å². The first-order valence-electron chi connectivity index (χ1n) is 6.85. The molecule has 104 valence electrons. The molecule has 0 radical (unpaired) electrons. The van der Waals surface area contributed by atoms with Crippen molar-refractivity contribution < 1.29 is 4.74 Å². The third-order valence-electron chi connectivity index (χ3n) is 3.10. The van der Waals surface area contributed by atoms with Crippen molar-refractivity contribution in [3.63, 3.8) is 0 Å². The van der Waals surface area contributed by atoms with Crippen molar-refractivity contribution in [2.24, 2.45) is 5.41 Å². The fraction of sp³-hybridized carbons (Fsp3) is 0.562. The van der Waals surface area contributed by atoms with E-state index in [9.17, 15) is 0 Å². The van der Waals surface area contributed by atoms with Crippen LogP contribution in [-0.2, 0) is 6.54 Å². The predicted octanol–water partition coefficient (Wildman–Crippen LogP) is 3.50. The van der Waals surface area contributed by atoms with Crippen LogP contribution in [0, 0.1) is 16.7 Å². The Labute approximate surface area is 116 Å². The van der Waals surface area contributed by atoms with Crippen LogP contribution in [0.1, 0.15) is 38.7 Å². The molecule has 0 aliphatic carbocycles. The first kappa shape index (κ1) is 15.5. The highest BCUT2D eigenvalue weighted by Crippen LogP contribution is 2.22. The van der Waals surface area contributed by atoms with Gasteiger partial charge in [-0.3, -0.25) is 0 Å². The lowest BCUT2D eigenvalue weighted by Crippen LogP contribution is -2.10. The molecule has 19 heavy (non-hydrogen) atoms. The van der Waals surface area contributed by atoms with E-state index >= 15 is 0 Å². The van der Waals surface area contributed by atoms with Crippen molar-refractivity contribution in [1.29, 1.82) is 5.26 Å². The topological polar surface area (TPSA) is 45.0 Å². The van der Waals surface area contributed by atoms with Gasteiger partial charge in [0.2, 0.25) is 0 Å².